The number of fused-ring (bicyclic) bond motifs is 1. The number of amides is 2. The molecule has 0 bridgehead atoms. The smallest absolute Gasteiger partial charge is 0.335 e. The number of carbonyl (C=O) groups excluding carboxylic acids is 2. The third-order valence-electron chi connectivity index (χ3n) is 4.49. The van der Waals surface area contributed by atoms with E-state index in [9.17, 15) is 14.4 Å². The van der Waals surface area contributed by atoms with Gasteiger partial charge in [0.1, 0.15) is 17.5 Å². The molecule has 2 unspecified atom stereocenters. The topological polar surface area (TPSA) is 105 Å². The van der Waals surface area contributed by atoms with Gasteiger partial charge in [-0.1, -0.05) is 12.1 Å². The third-order valence-corrected chi connectivity index (χ3v) is 4.49. The zero-order chi connectivity index (χ0) is 20.4. The van der Waals surface area contributed by atoms with Crippen molar-refractivity contribution in [2.75, 3.05) is 17.3 Å². The Bertz CT molecular complexity index is 942. The highest BCUT2D eigenvalue weighted by atomic mass is 16.5. The molecule has 2 atom stereocenters. The fourth-order valence-electron chi connectivity index (χ4n) is 3.00. The zero-order valence-corrected chi connectivity index (χ0v) is 15.6. The summed E-state index contributed by atoms with van der Waals surface area (Å²) in [5.41, 5.74) is 0.860. The summed E-state index contributed by atoms with van der Waals surface area (Å²) < 4.78 is 10.8. The number of rotatable bonds is 5. The molecule has 8 heteroatoms. The van der Waals surface area contributed by atoms with Crippen LogP contribution in [0.25, 0.3) is 0 Å². The van der Waals surface area contributed by atoms with Crippen molar-refractivity contribution < 1.29 is 29.0 Å². The standard InChI is InChI=1S/C20H20N2O6/c1-11(18(23)21-14-6-4-5-7-16(14)27-3)22-15-9-8-13(20(25)26)10-17(15)28-12(2)19(22)24/h4-12H,1-3H3,(H,21,23)(H,25,26). The van der Waals surface area contributed by atoms with Gasteiger partial charge in [0.05, 0.1) is 24.0 Å². The lowest BCUT2D eigenvalue weighted by Crippen LogP contribution is -2.52. The average molecular weight is 384 g/mol. The summed E-state index contributed by atoms with van der Waals surface area (Å²) >= 11 is 0. The van der Waals surface area contributed by atoms with Crippen LogP contribution in [0.4, 0.5) is 11.4 Å². The van der Waals surface area contributed by atoms with Crippen LogP contribution in [0, 0.1) is 0 Å². The number of hydrogen-bond acceptors (Lipinski definition) is 5. The van der Waals surface area contributed by atoms with Crippen LogP contribution >= 0.6 is 0 Å². The van der Waals surface area contributed by atoms with Gasteiger partial charge in [0.15, 0.2) is 6.10 Å². The molecule has 2 amide bonds. The maximum absolute atomic E-state index is 12.8. The van der Waals surface area contributed by atoms with Crippen LogP contribution in [-0.4, -0.2) is 42.1 Å². The first kappa shape index (κ1) is 19.2. The quantitative estimate of drug-likeness (QED) is 0.821. The number of benzene rings is 2. The Morgan fingerprint density at radius 2 is 1.96 bits per heavy atom. The minimum absolute atomic E-state index is 0.0337. The predicted octanol–water partition coefficient (Wildman–Crippen LogP) is 2.53. The van der Waals surface area contributed by atoms with Crippen LogP contribution in [-0.2, 0) is 9.59 Å². The van der Waals surface area contributed by atoms with Crippen molar-refractivity contribution in [3.63, 3.8) is 0 Å². The van der Waals surface area contributed by atoms with E-state index in [0.29, 0.717) is 17.1 Å². The van der Waals surface area contributed by atoms with Crippen LogP contribution < -0.4 is 19.7 Å². The van der Waals surface area contributed by atoms with Crippen molar-refractivity contribution in [3.8, 4) is 11.5 Å². The summed E-state index contributed by atoms with van der Waals surface area (Å²) in [5.74, 6) is -1.18. The van der Waals surface area contributed by atoms with Crippen molar-refractivity contribution in [1.29, 1.82) is 0 Å². The van der Waals surface area contributed by atoms with Crippen molar-refractivity contribution in [2.24, 2.45) is 0 Å². The van der Waals surface area contributed by atoms with E-state index in [4.69, 9.17) is 14.6 Å². The second-order valence-corrected chi connectivity index (χ2v) is 6.32. The molecule has 1 aliphatic rings. The first-order valence-electron chi connectivity index (χ1n) is 8.64. The molecule has 0 saturated carbocycles. The number of anilines is 2. The summed E-state index contributed by atoms with van der Waals surface area (Å²) in [7, 11) is 1.50. The number of methoxy groups -OCH3 is 1. The Morgan fingerprint density at radius 1 is 1.25 bits per heavy atom. The average Bonchev–Trinajstić information content (AvgIpc) is 2.68. The Labute approximate surface area is 161 Å². The normalized spacial score (nSPS) is 16.6. The Balaban J connectivity index is 1.92. The van der Waals surface area contributed by atoms with Crippen molar-refractivity contribution >= 4 is 29.2 Å². The monoisotopic (exact) mass is 384 g/mol. The lowest BCUT2D eigenvalue weighted by atomic mass is 10.1. The SMILES string of the molecule is COc1ccccc1NC(=O)C(C)N1C(=O)C(C)Oc2cc(C(=O)O)ccc21. The van der Waals surface area contributed by atoms with Gasteiger partial charge in [0, 0.05) is 0 Å². The fraction of sp³-hybridized carbons (Fsp3) is 0.250. The molecule has 2 N–H and O–H groups in total. The molecule has 8 nitrogen and oxygen atoms in total. The Kier molecular flexibility index (Phi) is 5.21. The molecular formula is C20H20N2O6. The lowest BCUT2D eigenvalue weighted by Gasteiger charge is -2.36. The molecule has 146 valence electrons. The minimum Gasteiger partial charge on any atom is -0.495 e. The molecule has 0 radical (unpaired) electrons. The van der Waals surface area contributed by atoms with Gasteiger partial charge in [-0.25, -0.2) is 4.79 Å². The number of hydrogen-bond donors (Lipinski definition) is 2. The lowest BCUT2D eigenvalue weighted by molar-refractivity contribution is -0.128. The van der Waals surface area contributed by atoms with Gasteiger partial charge >= 0.3 is 5.97 Å². The van der Waals surface area contributed by atoms with Crippen molar-refractivity contribution in [1.82, 2.24) is 0 Å². The van der Waals surface area contributed by atoms with Crippen LogP contribution in [0.2, 0.25) is 0 Å². The molecule has 2 aromatic rings. The van der Waals surface area contributed by atoms with E-state index >= 15 is 0 Å². The molecule has 0 fully saturated rings. The highest BCUT2D eigenvalue weighted by Crippen LogP contribution is 2.36. The number of ether oxygens (including phenoxy) is 2. The van der Waals surface area contributed by atoms with Crippen molar-refractivity contribution in [3.05, 3.63) is 48.0 Å². The minimum atomic E-state index is -1.11. The Morgan fingerprint density at radius 3 is 2.64 bits per heavy atom. The van der Waals surface area contributed by atoms with Crippen LogP contribution in [0.3, 0.4) is 0 Å². The maximum Gasteiger partial charge on any atom is 0.335 e. The molecule has 2 aromatic carbocycles. The van der Waals surface area contributed by atoms with Gasteiger partial charge in [0.25, 0.3) is 5.91 Å². The van der Waals surface area contributed by atoms with Crippen LogP contribution in [0.15, 0.2) is 42.5 Å². The van der Waals surface area contributed by atoms with Gasteiger partial charge in [0.2, 0.25) is 5.91 Å². The third kappa shape index (κ3) is 3.48. The molecule has 28 heavy (non-hydrogen) atoms. The number of nitrogens with zero attached hydrogens (tertiary/aromatic N) is 1. The van der Waals surface area contributed by atoms with Gasteiger partial charge in [-0.2, -0.15) is 0 Å². The summed E-state index contributed by atoms with van der Waals surface area (Å²) in [6.45, 7) is 3.14. The summed E-state index contributed by atoms with van der Waals surface area (Å²) in [6, 6.07) is 10.3. The number of carbonyl (C=O) groups is 3. The van der Waals surface area contributed by atoms with Gasteiger partial charge in [-0.05, 0) is 44.2 Å². The number of carboxylic acid groups (broad SMARTS) is 1. The van der Waals surface area contributed by atoms with E-state index in [0.717, 1.165) is 0 Å². The van der Waals surface area contributed by atoms with E-state index in [1.54, 1.807) is 38.1 Å². The molecule has 3 rings (SSSR count). The predicted molar refractivity (Wildman–Crippen MR) is 102 cm³/mol. The largest absolute Gasteiger partial charge is 0.495 e. The van der Waals surface area contributed by atoms with E-state index in [1.807, 2.05) is 0 Å². The summed E-state index contributed by atoms with van der Waals surface area (Å²) in [4.78, 5) is 38.1. The first-order valence-corrected chi connectivity index (χ1v) is 8.64. The zero-order valence-electron chi connectivity index (χ0n) is 15.6. The van der Waals surface area contributed by atoms with E-state index in [2.05, 4.69) is 5.32 Å². The highest BCUT2D eigenvalue weighted by Gasteiger charge is 2.37. The summed E-state index contributed by atoms with van der Waals surface area (Å²) in [5, 5.41) is 11.9. The molecule has 1 aliphatic heterocycles. The number of carboxylic acids is 1. The number of nitrogens with one attached hydrogen (secondary N) is 1. The maximum atomic E-state index is 12.8. The second kappa shape index (κ2) is 7.59. The highest BCUT2D eigenvalue weighted by molar-refractivity contribution is 6.08. The molecular weight excluding hydrogens is 364 g/mol. The number of para-hydroxylation sites is 2. The molecule has 0 saturated heterocycles. The Hall–Kier alpha value is -3.55. The van der Waals surface area contributed by atoms with E-state index < -0.39 is 29.9 Å². The van der Waals surface area contributed by atoms with Gasteiger partial charge in [-0.15, -0.1) is 0 Å². The molecule has 0 spiro atoms. The van der Waals surface area contributed by atoms with E-state index in [-0.39, 0.29) is 11.3 Å². The fourth-order valence-corrected chi connectivity index (χ4v) is 3.00. The van der Waals surface area contributed by atoms with E-state index in [1.165, 1.54) is 30.2 Å². The second-order valence-electron chi connectivity index (χ2n) is 6.32. The molecule has 0 aromatic heterocycles. The summed E-state index contributed by atoms with van der Waals surface area (Å²) in [6.07, 6.45) is -0.849. The van der Waals surface area contributed by atoms with Crippen LogP contribution in [0.1, 0.15) is 24.2 Å². The number of aromatic carboxylic acids is 1. The van der Waals surface area contributed by atoms with Crippen LogP contribution in [0.5, 0.6) is 11.5 Å². The van der Waals surface area contributed by atoms with Gasteiger partial charge < -0.3 is 19.9 Å². The first-order chi connectivity index (χ1) is 13.3. The van der Waals surface area contributed by atoms with Crippen molar-refractivity contribution in [2.45, 2.75) is 26.0 Å². The van der Waals surface area contributed by atoms with Gasteiger partial charge in [-0.3, -0.25) is 14.5 Å². The molecule has 1 heterocycles. The molecule has 0 aliphatic carbocycles.